The highest BCUT2D eigenvalue weighted by molar-refractivity contribution is 6.09. The second kappa shape index (κ2) is 3.43. The average molecular weight is 241 g/mol. The van der Waals surface area contributed by atoms with Crippen LogP contribution in [0.25, 0.3) is 22.2 Å². The predicted molar refractivity (Wildman–Crippen MR) is 68.9 cm³/mol. The molecule has 3 rings (SSSR count). The highest BCUT2D eigenvalue weighted by atomic mass is 16.1. The highest BCUT2D eigenvalue weighted by Gasteiger charge is 2.20. The van der Waals surface area contributed by atoms with Crippen LogP contribution in [0.1, 0.15) is 10.4 Å². The van der Waals surface area contributed by atoms with Gasteiger partial charge in [0.2, 0.25) is 0 Å². The zero-order valence-corrected chi connectivity index (χ0v) is 9.71. The molecule has 0 saturated carbocycles. The van der Waals surface area contributed by atoms with Crippen molar-refractivity contribution in [3.05, 3.63) is 29.8 Å². The van der Waals surface area contributed by atoms with Gasteiger partial charge in [-0.1, -0.05) is 12.1 Å². The second-order valence-electron chi connectivity index (χ2n) is 4.07. The molecule has 0 saturated heterocycles. The smallest absolute Gasteiger partial charge is 0.254 e. The van der Waals surface area contributed by atoms with E-state index in [1.807, 2.05) is 24.3 Å². The van der Waals surface area contributed by atoms with E-state index in [0.717, 1.165) is 5.52 Å². The number of para-hydroxylation sites is 2. The summed E-state index contributed by atoms with van der Waals surface area (Å²) >= 11 is 0. The zero-order chi connectivity index (χ0) is 12.9. The lowest BCUT2D eigenvalue weighted by Crippen LogP contribution is -2.13. The first-order valence-electron chi connectivity index (χ1n) is 5.40. The Morgan fingerprint density at radius 2 is 1.83 bits per heavy atom. The van der Waals surface area contributed by atoms with Gasteiger partial charge in [0, 0.05) is 7.05 Å². The SMILES string of the molecule is Cn1c(N)c(C(N)=O)c2nc3ccccc3nc21. The van der Waals surface area contributed by atoms with Gasteiger partial charge in [-0.2, -0.15) is 0 Å². The summed E-state index contributed by atoms with van der Waals surface area (Å²) < 4.78 is 1.62. The minimum absolute atomic E-state index is 0.228. The van der Waals surface area contributed by atoms with Crippen molar-refractivity contribution in [2.45, 2.75) is 0 Å². The summed E-state index contributed by atoms with van der Waals surface area (Å²) in [6, 6.07) is 7.42. The minimum atomic E-state index is -0.595. The lowest BCUT2D eigenvalue weighted by Gasteiger charge is -1.98. The molecule has 6 heteroatoms. The summed E-state index contributed by atoms with van der Waals surface area (Å²) in [7, 11) is 1.73. The molecule has 0 atom stereocenters. The Bertz CT molecular complexity index is 790. The Balaban J connectivity index is 2.54. The number of rotatable bonds is 1. The minimum Gasteiger partial charge on any atom is -0.384 e. The van der Waals surface area contributed by atoms with Crippen LogP contribution in [-0.4, -0.2) is 20.4 Å². The number of nitrogen functional groups attached to an aromatic ring is 1. The molecule has 0 spiro atoms. The molecule has 3 aromatic rings. The van der Waals surface area contributed by atoms with Crippen molar-refractivity contribution >= 4 is 33.9 Å². The molecule has 0 unspecified atom stereocenters. The normalized spacial score (nSPS) is 11.2. The van der Waals surface area contributed by atoms with E-state index in [9.17, 15) is 4.79 Å². The van der Waals surface area contributed by atoms with Gasteiger partial charge in [-0.3, -0.25) is 4.79 Å². The van der Waals surface area contributed by atoms with Crippen LogP contribution >= 0.6 is 0 Å². The topological polar surface area (TPSA) is 99.8 Å². The molecule has 6 nitrogen and oxygen atoms in total. The Hall–Kier alpha value is -2.63. The third kappa shape index (κ3) is 1.26. The van der Waals surface area contributed by atoms with E-state index in [-0.39, 0.29) is 11.4 Å². The molecule has 0 aliphatic carbocycles. The number of carbonyl (C=O) groups is 1. The molecule has 90 valence electrons. The van der Waals surface area contributed by atoms with Crippen molar-refractivity contribution in [3.8, 4) is 0 Å². The van der Waals surface area contributed by atoms with Gasteiger partial charge in [-0.15, -0.1) is 0 Å². The van der Waals surface area contributed by atoms with E-state index in [1.165, 1.54) is 0 Å². The Kier molecular flexibility index (Phi) is 2.00. The molecule has 0 aliphatic rings. The third-order valence-electron chi connectivity index (χ3n) is 2.97. The van der Waals surface area contributed by atoms with E-state index in [0.29, 0.717) is 16.7 Å². The number of carbonyl (C=O) groups excluding carboxylic acids is 1. The number of aromatic nitrogens is 3. The molecule has 2 heterocycles. The van der Waals surface area contributed by atoms with Crippen molar-refractivity contribution in [1.29, 1.82) is 0 Å². The molecular weight excluding hydrogens is 230 g/mol. The number of hydrogen-bond acceptors (Lipinski definition) is 4. The number of fused-ring (bicyclic) bond motifs is 2. The van der Waals surface area contributed by atoms with Crippen LogP contribution in [0.5, 0.6) is 0 Å². The van der Waals surface area contributed by atoms with E-state index in [2.05, 4.69) is 9.97 Å². The van der Waals surface area contributed by atoms with Crippen LogP contribution in [-0.2, 0) is 7.05 Å². The van der Waals surface area contributed by atoms with Crippen molar-refractivity contribution < 1.29 is 4.79 Å². The number of benzene rings is 1. The zero-order valence-electron chi connectivity index (χ0n) is 9.71. The van der Waals surface area contributed by atoms with Gasteiger partial charge in [0.25, 0.3) is 5.91 Å². The molecular formula is C12H11N5O. The average Bonchev–Trinajstić information content (AvgIpc) is 2.59. The van der Waals surface area contributed by atoms with E-state index in [4.69, 9.17) is 11.5 Å². The highest BCUT2D eigenvalue weighted by Crippen LogP contribution is 2.25. The van der Waals surface area contributed by atoms with Gasteiger partial charge in [0.1, 0.15) is 16.9 Å². The summed E-state index contributed by atoms with van der Waals surface area (Å²) in [6.45, 7) is 0. The summed E-state index contributed by atoms with van der Waals surface area (Å²) in [6.07, 6.45) is 0. The van der Waals surface area contributed by atoms with E-state index >= 15 is 0 Å². The number of amides is 1. The first-order chi connectivity index (χ1) is 8.59. The van der Waals surface area contributed by atoms with Crippen LogP contribution in [0.3, 0.4) is 0 Å². The Labute approximate surface area is 102 Å². The van der Waals surface area contributed by atoms with Crippen molar-refractivity contribution in [2.24, 2.45) is 12.8 Å². The lowest BCUT2D eigenvalue weighted by atomic mass is 10.2. The largest absolute Gasteiger partial charge is 0.384 e. The molecule has 0 radical (unpaired) electrons. The number of anilines is 1. The van der Waals surface area contributed by atoms with Crippen molar-refractivity contribution in [1.82, 2.24) is 14.5 Å². The van der Waals surface area contributed by atoms with E-state index < -0.39 is 5.91 Å². The fraction of sp³-hybridized carbons (Fsp3) is 0.0833. The number of nitrogens with zero attached hydrogens (tertiary/aromatic N) is 3. The predicted octanol–water partition coefficient (Wildman–Crippen LogP) is 0.803. The van der Waals surface area contributed by atoms with Gasteiger partial charge in [0.15, 0.2) is 5.65 Å². The van der Waals surface area contributed by atoms with Gasteiger partial charge < -0.3 is 16.0 Å². The third-order valence-corrected chi connectivity index (χ3v) is 2.97. The molecule has 0 fully saturated rings. The van der Waals surface area contributed by atoms with Crippen LogP contribution in [0.15, 0.2) is 24.3 Å². The van der Waals surface area contributed by atoms with Gasteiger partial charge in [-0.25, -0.2) is 9.97 Å². The molecule has 0 bridgehead atoms. The van der Waals surface area contributed by atoms with Crippen LogP contribution in [0.4, 0.5) is 5.82 Å². The fourth-order valence-electron chi connectivity index (χ4n) is 2.04. The Morgan fingerprint density at radius 1 is 1.22 bits per heavy atom. The van der Waals surface area contributed by atoms with Gasteiger partial charge in [-0.05, 0) is 12.1 Å². The summed E-state index contributed by atoms with van der Waals surface area (Å²) in [5.74, 6) is -0.310. The summed E-state index contributed by atoms with van der Waals surface area (Å²) in [5, 5.41) is 0. The Morgan fingerprint density at radius 3 is 2.44 bits per heavy atom. The van der Waals surface area contributed by atoms with Gasteiger partial charge >= 0.3 is 0 Å². The van der Waals surface area contributed by atoms with Crippen LogP contribution < -0.4 is 11.5 Å². The number of primary amides is 1. The summed E-state index contributed by atoms with van der Waals surface area (Å²) in [5.41, 5.74) is 13.9. The summed E-state index contributed by atoms with van der Waals surface area (Å²) in [4.78, 5) is 20.3. The molecule has 1 amide bonds. The fourth-order valence-corrected chi connectivity index (χ4v) is 2.04. The first-order valence-corrected chi connectivity index (χ1v) is 5.40. The number of hydrogen-bond donors (Lipinski definition) is 2. The van der Waals surface area contributed by atoms with Gasteiger partial charge in [0.05, 0.1) is 11.0 Å². The maximum atomic E-state index is 11.4. The van der Waals surface area contributed by atoms with Crippen molar-refractivity contribution in [3.63, 3.8) is 0 Å². The number of nitrogens with two attached hydrogens (primary N) is 2. The monoisotopic (exact) mass is 241 g/mol. The van der Waals surface area contributed by atoms with Crippen LogP contribution in [0.2, 0.25) is 0 Å². The molecule has 2 aromatic heterocycles. The lowest BCUT2D eigenvalue weighted by molar-refractivity contribution is 0.100. The van der Waals surface area contributed by atoms with Crippen LogP contribution in [0, 0.1) is 0 Å². The quantitative estimate of drug-likeness (QED) is 0.658. The maximum absolute atomic E-state index is 11.4. The molecule has 0 aliphatic heterocycles. The van der Waals surface area contributed by atoms with Crippen molar-refractivity contribution in [2.75, 3.05) is 5.73 Å². The van der Waals surface area contributed by atoms with E-state index in [1.54, 1.807) is 11.6 Å². The first kappa shape index (κ1) is 10.5. The number of aryl methyl sites for hydroxylation is 1. The molecule has 1 aromatic carbocycles. The standard InChI is InChI=1S/C12H11N5O/c1-17-10(13)8(11(14)18)9-12(17)16-7-5-3-2-4-6(7)15-9/h2-5H,13H2,1H3,(H2,14,18). The second-order valence-corrected chi connectivity index (χ2v) is 4.07. The maximum Gasteiger partial charge on any atom is 0.254 e. The molecule has 4 N–H and O–H groups in total. The molecule has 18 heavy (non-hydrogen) atoms.